The number of hydrogen-bond donors (Lipinski definition) is 2. The van der Waals surface area contributed by atoms with Gasteiger partial charge in [0.1, 0.15) is 0 Å². The summed E-state index contributed by atoms with van der Waals surface area (Å²) < 4.78 is 36.5. The first-order valence-corrected chi connectivity index (χ1v) is 8.70. The Balaban J connectivity index is 2.12. The summed E-state index contributed by atoms with van der Waals surface area (Å²) in [6.45, 7) is 1.10. The molecule has 0 aliphatic heterocycles. The van der Waals surface area contributed by atoms with Crippen LogP contribution in [0.1, 0.15) is 12.7 Å². The van der Waals surface area contributed by atoms with Gasteiger partial charge in [0.25, 0.3) is 10.0 Å². The van der Waals surface area contributed by atoms with Gasteiger partial charge in [-0.2, -0.15) is 9.97 Å². The van der Waals surface area contributed by atoms with Crippen LogP contribution in [0, 0.1) is 0 Å². The van der Waals surface area contributed by atoms with Gasteiger partial charge in [0.05, 0.1) is 27.0 Å². The Morgan fingerprint density at radius 3 is 2.38 bits per heavy atom. The summed E-state index contributed by atoms with van der Waals surface area (Å²) in [4.78, 5) is 26.4. The second kappa shape index (κ2) is 7.46. The van der Waals surface area contributed by atoms with Crippen molar-refractivity contribution in [1.82, 2.24) is 24.7 Å². The van der Waals surface area contributed by atoms with Gasteiger partial charge in [0.2, 0.25) is 5.91 Å². The number of anilines is 1. The average molecular weight is 374 g/mol. The Kier molecular flexibility index (Phi) is 5.58. The van der Waals surface area contributed by atoms with Crippen molar-refractivity contribution < 1.29 is 22.7 Å². The molecule has 11 nitrogen and oxygen atoms in total. The lowest BCUT2D eigenvalue weighted by Gasteiger charge is -2.06. The predicted octanol–water partition coefficient (Wildman–Crippen LogP) is -0.218. The average Bonchev–Trinajstić information content (AvgIpc) is 3.01. The number of amides is 1. The standard InChI is InChI=1S/C11H14N6O5S2/c1-6(18)14-11-12-5-8(23-11)24(19,20)13-4-7-15-9(21-2)17-10(16-7)22-3/h5,13H,4H2,1-3H3,(H,12,14,18). The molecule has 0 aliphatic carbocycles. The molecule has 0 unspecified atom stereocenters. The highest BCUT2D eigenvalue weighted by Gasteiger charge is 2.19. The van der Waals surface area contributed by atoms with E-state index in [1.807, 2.05) is 0 Å². The molecule has 2 heterocycles. The molecule has 2 aromatic rings. The monoisotopic (exact) mass is 374 g/mol. The Bertz CT molecular complexity index is 815. The molecule has 0 aliphatic rings. The molecular weight excluding hydrogens is 360 g/mol. The Hall–Kier alpha value is -2.38. The van der Waals surface area contributed by atoms with Gasteiger partial charge in [-0.25, -0.2) is 18.1 Å². The van der Waals surface area contributed by atoms with Crippen LogP contribution in [0.2, 0.25) is 0 Å². The molecule has 0 bridgehead atoms. The molecule has 24 heavy (non-hydrogen) atoms. The second-order valence-corrected chi connectivity index (χ2v) is 7.24. The number of hydrogen-bond acceptors (Lipinski definition) is 10. The van der Waals surface area contributed by atoms with Crippen LogP contribution in [0.25, 0.3) is 0 Å². The smallest absolute Gasteiger partial charge is 0.322 e. The van der Waals surface area contributed by atoms with Crippen LogP contribution in [-0.4, -0.2) is 48.5 Å². The van der Waals surface area contributed by atoms with Gasteiger partial charge in [-0.05, 0) is 0 Å². The first kappa shape index (κ1) is 18.0. The highest BCUT2D eigenvalue weighted by molar-refractivity contribution is 7.91. The number of sulfonamides is 1. The Morgan fingerprint density at radius 2 is 1.83 bits per heavy atom. The molecule has 1 amide bonds. The van der Waals surface area contributed by atoms with Gasteiger partial charge in [-0.15, -0.1) is 4.98 Å². The van der Waals surface area contributed by atoms with Gasteiger partial charge < -0.3 is 14.8 Å². The van der Waals surface area contributed by atoms with Crippen LogP contribution < -0.4 is 19.5 Å². The van der Waals surface area contributed by atoms with Crippen LogP contribution in [0.15, 0.2) is 10.4 Å². The number of rotatable bonds is 7. The molecular formula is C11H14N6O5S2. The Labute approximate surface area is 141 Å². The molecule has 0 atom stereocenters. The van der Waals surface area contributed by atoms with Crippen molar-refractivity contribution in [1.29, 1.82) is 0 Å². The number of carbonyl (C=O) groups is 1. The lowest BCUT2D eigenvalue weighted by Crippen LogP contribution is -2.24. The number of methoxy groups -OCH3 is 2. The highest BCUT2D eigenvalue weighted by Crippen LogP contribution is 2.22. The largest absolute Gasteiger partial charge is 0.467 e. The third kappa shape index (κ3) is 4.56. The summed E-state index contributed by atoms with van der Waals surface area (Å²) in [7, 11) is -1.11. The van der Waals surface area contributed by atoms with E-state index < -0.39 is 10.0 Å². The molecule has 0 aromatic carbocycles. The van der Waals surface area contributed by atoms with Crippen molar-refractivity contribution >= 4 is 32.4 Å². The number of nitrogens with one attached hydrogen (secondary N) is 2. The van der Waals surface area contributed by atoms with Gasteiger partial charge >= 0.3 is 12.0 Å². The van der Waals surface area contributed by atoms with E-state index in [9.17, 15) is 13.2 Å². The molecule has 0 spiro atoms. The predicted molar refractivity (Wildman–Crippen MR) is 83.4 cm³/mol. The molecule has 0 saturated carbocycles. The van der Waals surface area contributed by atoms with Gasteiger partial charge in [0.15, 0.2) is 15.2 Å². The molecule has 2 N–H and O–H groups in total. The quantitative estimate of drug-likeness (QED) is 0.671. The number of thiazole rings is 1. The van der Waals surface area contributed by atoms with Gasteiger partial charge in [-0.3, -0.25) is 4.79 Å². The van der Waals surface area contributed by atoms with Crippen molar-refractivity contribution in [2.75, 3.05) is 19.5 Å². The van der Waals surface area contributed by atoms with Crippen LogP contribution in [0.4, 0.5) is 5.13 Å². The van der Waals surface area contributed by atoms with Crippen molar-refractivity contribution in [2.45, 2.75) is 17.7 Å². The molecule has 0 fully saturated rings. The maximum Gasteiger partial charge on any atom is 0.322 e. The van der Waals surface area contributed by atoms with E-state index in [0.717, 1.165) is 17.5 Å². The summed E-state index contributed by atoms with van der Waals surface area (Å²) in [5.74, 6) is -0.223. The summed E-state index contributed by atoms with van der Waals surface area (Å²) in [6, 6.07) is 0.00330. The first-order valence-electron chi connectivity index (χ1n) is 6.40. The Morgan fingerprint density at radius 1 is 1.21 bits per heavy atom. The fourth-order valence-electron chi connectivity index (χ4n) is 1.46. The van der Waals surface area contributed by atoms with E-state index in [0.29, 0.717) is 0 Å². The zero-order chi connectivity index (χ0) is 17.7. The zero-order valence-electron chi connectivity index (χ0n) is 12.9. The maximum absolute atomic E-state index is 12.2. The van der Waals surface area contributed by atoms with Crippen LogP contribution >= 0.6 is 11.3 Å². The van der Waals surface area contributed by atoms with Crippen molar-refractivity contribution in [3.05, 3.63) is 12.0 Å². The van der Waals surface area contributed by atoms with Crippen LogP contribution in [0.3, 0.4) is 0 Å². The fourth-order valence-corrected chi connectivity index (χ4v) is 3.56. The third-order valence-electron chi connectivity index (χ3n) is 2.46. The zero-order valence-corrected chi connectivity index (χ0v) is 14.6. The minimum atomic E-state index is -3.84. The first-order chi connectivity index (χ1) is 11.3. The van der Waals surface area contributed by atoms with E-state index in [2.05, 4.69) is 30.0 Å². The number of nitrogens with zero attached hydrogens (tertiary/aromatic N) is 4. The minimum Gasteiger partial charge on any atom is -0.467 e. The van der Waals surface area contributed by atoms with E-state index in [1.54, 1.807) is 0 Å². The summed E-state index contributed by atoms with van der Waals surface area (Å²) in [6.07, 6.45) is 1.15. The summed E-state index contributed by atoms with van der Waals surface area (Å²) >= 11 is 0.823. The van der Waals surface area contributed by atoms with E-state index in [-0.39, 0.29) is 39.6 Å². The molecule has 2 aromatic heterocycles. The maximum atomic E-state index is 12.2. The third-order valence-corrected chi connectivity index (χ3v) is 5.23. The summed E-state index contributed by atoms with van der Waals surface area (Å²) in [5, 5.41) is 2.60. The topological polar surface area (TPSA) is 145 Å². The van der Waals surface area contributed by atoms with E-state index in [1.165, 1.54) is 21.1 Å². The molecule has 13 heteroatoms. The summed E-state index contributed by atoms with van der Waals surface area (Å²) in [5.41, 5.74) is 0. The van der Waals surface area contributed by atoms with Crippen LogP contribution in [-0.2, 0) is 21.4 Å². The van der Waals surface area contributed by atoms with Crippen LogP contribution in [0.5, 0.6) is 12.0 Å². The molecule has 130 valence electrons. The normalized spacial score (nSPS) is 11.1. The van der Waals surface area contributed by atoms with Crippen molar-refractivity contribution in [2.24, 2.45) is 0 Å². The SMILES string of the molecule is COc1nc(CNS(=O)(=O)c2cnc(NC(C)=O)s2)nc(OC)n1. The molecule has 0 radical (unpaired) electrons. The van der Waals surface area contributed by atoms with Crippen molar-refractivity contribution in [3.8, 4) is 12.0 Å². The van der Waals surface area contributed by atoms with Crippen molar-refractivity contribution in [3.63, 3.8) is 0 Å². The number of aromatic nitrogens is 4. The number of ether oxygens (including phenoxy) is 2. The number of carbonyl (C=O) groups excluding carboxylic acids is 1. The minimum absolute atomic E-state index is 0.00165. The van der Waals surface area contributed by atoms with E-state index >= 15 is 0 Å². The molecule has 0 saturated heterocycles. The van der Waals surface area contributed by atoms with Gasteiger partial charge in [0, 0.05) is 6.92 Å². The second-order valence-electron chi connectivity index (χ2n) is 4.22. The lowest BCUT2D eigenvalue weighted by atomic mass is 10.6. The highest BCUT2D eigenvalue weighted by atomic mass is 32.2. The lowest BCUT2D eigenvalue weighted by molar-refractivity contribution is -0.114. The van der Waals surface area contributed by atoms with E-state index in [4.69, 9.17) is 9.47 Å². The van der Waals surface area contributed by atoms with Gasteiger partial charge in [-0.1, -0.05) is 11.3 Å². The molecule has 2 rings (SSSR count). The fraction of sp³-hybridized carbons (Fsp3) is 0.364.